The molecule has 1 aromatic rings. The summed E-state index contributed by atoms with van der Waals surface area (Å²) in [4.78, 5) is 6.56. The predicted octanol–water partition coefficient (Wildman–Crippen LogP) is 3.43. The van der Waals surface area contributed by atoms with Gasteiger partial charge in [0.1, 0.15) is 11.9 Å². The molecular weight excluding hydrogens is 338 g/mol. The van der Waals surface area contributed by atoms with Crippen molar-refractivity contribution in [2.75, 3.05) is 40.4 Å². The molecule has 1 aliphatic rings. The van der Waals surface area contributed by atoms with Crippen LogP contribution in [0.5, 0.6) is 5.75 Å². The van der Waals surface area contributed by atoms with Crippen molar-refractivity contribution >= 4 is 17.6 Å². The van der Waals surface area contributed by atoms with Gasteiger partial charge in [0.25, 0.3) is 0 Å². The lowest BCUT2D eigenvalue weighted by Gasteiger charge is -2.27. The van der Waals surface area contributed by atoms with E-state index in [1.54, 1.807) is 0 Å². The Labute approximate surface area is 156 Å². The zero-order chi connectivity index (χ0) is 18.1. The Balaban J connectivity index is 1.72. The Morgan fingerprint density at radius 3 is 2.88 bits per heavy atom. The summed E-state index contributed by atoms with van der Waals surface area (Å²) in [5, 5.41) is 4.07. The van der Waals surface area contributed by atoms with Crippen molar-refractivity contribution in [1.29, 1.82) is 0 Å². The lowest BCUT2D eigenvalue weighted by Crippen LogP contribution is -2.43. The molecule has 25 heavy (non-hydrogen) atoms. The SMILES string of the molecule is CN=C(NCC(C)Oc1cccc(Cl)c1)N(C)CCC1CCOCC1. The number of guanidine groups is 1. The van der Waals surface area contributed by atoms with Gasteiger partial charge in [0.15, 0.2) is 5.96 Å². The van der Waals surface area contributed by atoms with E-state index >= 15 is 0 Å². The lowest BCUT2D eigenvalue weighted by atomic mass is 9.96. The van der Waals surface area contributed by atoms with Gasteiger partial charge in [-0.15, -0.1) is 0 Å². The van der Waals surface area contributed by atoms with E-state index in [9.17, 15) is 0 Å². The topological polar surface area (TPSA) is 46.1 Å². The largest absolute Gasteiger partial charge is 0.489 e. The third-order valence-corrected chi connectivity index (χ3v) is 4.70. The molecule has 1 saturated heterocycles. The molecule has 1 unspecified atom stereocenters. The Bertz CT molecular complexity index is 547. The van der Waals surface area contributed by atoms with Crippen molar-refractivity contribution < 1.29 is 9.47 Å². The number of aliphatic imine (C=N–C) groups is 1. The molecule has 0 bridgehead atoms. The second-order valence-electron chi connectivity index (χ2n) is 6.58. The summed E-state index contributed by atoms with van der Waals surface area (Å²) in [5.74, 6) is 2.44. The number of benzene rings is 1. The first-order valence-electron chi connectivity index (χ1n) is 9.00. The van der Waals surface area contributed by atoms with Crippen molar-refractivity contribution in [3.05, 3.63) is 29.3 Å². The summed E-state index contributed by atoms with van der Waals surface area (Å²) < 4.78 is 11.3. The minimum Gasteiger partial charge on any atom is -0.489 e. The van der Waals surface area contributed by atoms with Crippen LogP contribution < -0.4 is 10.1 Å². The predicted molar refractivity (Wildman–Crippen MR) is 104 cm³/mol. The van der Waals surface area contributed by atoms with Crippen molar-refractivity contribution in [3.63, 3.8) is 0 Å². The molecule has 1 N–H and O–H groups in total. The molecule has 1 heterocycles. The monoisotopic (exact) mass is 367 g/mol. The highest BCUT2D eigenvalue weighted by atomic mass is 35.5. The van der Waals surface area contributed by atoms with Crippen LogP contribution in [0.2, 0.25) is 5.02 Å². The summed E-state index contributed by atoms with van der Waals surface area (Å²) in [6.45, 7) is 5.51. The number of hydrogen-bond acceptors (Lipinski definition) is 3. The highest BCUT2D eigenvalue weighted by molar-refractivity contribution is 6.30. The van der Waals surface area contributed by atoms with Gasteiger partial charge in [0, 0.05) is 38.9 Å². The van der Waals surface area contributed by atoms with Crippen molar-refractivity contribution in [2.45, 2.75) is 32.3 Å². The number of nitrogens with one attached hydrogen (secondary N) is 1. The van der Waals surface area contributed by atoms with Crippen LogP contribution in [-0.4, -0.2) is 57.4 Å². The van der Waals surface area contributed by atoms with Gasteiger partial charge >= 0.3 is 0 Å². The van der Waals surface area contributed by atoms with Crippen LogP contribution in [0.25, 0.3) is 0 Å². The fourth-order valence-corrected chi connectivity index (χ4v) is 3.13. The molecular formula is C19H30ClN3O2. The molecule has 6 heteroatoms. The molecule has 0 radical (unpaired) electrons. The van der Waals surface area contributed by atoms with E-state index in [1.807, 2.05) is 38.2 Å². The fourth-order valence-electron chi connectivity index (χ4n) is 2.95. The molecule has 0 aromatic heterocycles. The smallest absolute Gasteiger partial charge is 0.193 e. The van der Waals surface area contributed by atoms with Crippen LogP contribution in [0.3, 0.4) is 0 Å². The summed E-state index contributed by atoms with van der Waals surface area (Å²) in [5.41, 5.74) is 0. The van der Waals surface area contributed by atoms with E-state index in [1.165, 1.54) is 19.3 Å². The third kappa shape index (κ3) is 7.12. The average Bonchev–Trinajstić information content (AvgIpc) is 2.61. The summed E-state index contributed by atoms with van der Waals surface area (Å²) in [6.07, 6.45) is 3.53. The normalized spacial score (nSPS) is 17.2. The number of rotatable bonds is 7. The van der Waals surface area contributed by atoms with E-state index in [-0.39, 0.29) is 6.10 Å². The molecule has 5 nitrogen and oxygen atoms in total. The minimum absolute atomic E-state index is 0.0131. The van der Waals surface area contributed by atoms with Gasteiger partial charge in [0.05, 0.1) is 6.54 Å². The molecule has 0 saturated carbocycles. The first-order valence-corrected chi connectivity index (χ1v) is 9.38. The highest BCUT2D eigenvalue weighted by Crippen LogP contribution is 2.19. The van der Waals surface area contributed by atoms with Crippen molar-refractivity contribution in [3.8, 4) is 5.75 Å². The van der Waals surface area contributed by atoms with E-state index < -0.39 is 0 Å². The van der Waals surface area contributed by atoms with Gasteiger partial charge in [0.2, 0.25) is 0 Å². The van der Waals surface area contributed by atoms with Gasteiger partial charge in [-0.2, -0.15) is 0 Å². The molecule has 1 aliphatic heterocycles. The number of ether oxygens (including phenoxy) is 2. The quantitative estimate of drug-likeness (QED) is 0.592. The molecule has 1 aromatic carbocycles. The van der Waals surface area contributed by atoms with Crippen molar-refractivity contribution in [2.24, 2.45) is 10.9 Å². The second kappa shape index (κ2) is 10.5. The van der Waals surface area contributed by atoms with Crippen molar-refractivity contribution in [1.82, 2.24) is 10.2 Å². The van der Waals surface area contributed by atoms with E-state index in [2.05, 4.69) is 22.3 Å². The lowest BCUT2D eigenvalue weighted by molar-refractivity contribution is 0.0625. The molecule has 1 fully saturated rings. The average molecular weight is 368 g/mol. The highest BCUT2D eigenvalue weighted by Gasteiger charge is 2.16. The molecule has 2 rings (SSSR count). The van der Waals surface area contributed by atoms with Crippen LogP contribution in [0.15, 0.2) is 29.3 Å². The fraction of sp³-hybridized carbons (Fsp3) is 0.632. The standard InChI is InChI=1S/C19H30ClN3O2/c1-15(25-18-6-4-5-17(20)13-18)14-22-19(21-2)23(3)10-7-16-8-11-24-12-9-16/h4-6,13,15-16H,7-12,14H2,1-3H3,(H,21,22). The minimum atomic E-state index is 0.0131. The summed E-state index contributed by atoms with van der Waals surface area (Å²) >= 11 is 5.99. The number of nitrogens with zero attached hydrogens (tertiary/aromatic N) is 2. The van der Waals surface area contributed by atoms with Crippen LogP contribution in [-0.2, 0) is 4.74 Å². The van der Waals surface area contributed by atoms with E-state index in [0.717, 1.165) is 37.4 Å². The van der Waals surface area contributed by atoms with Gasteiger partial charge in [-0.05, 0) is 50.3 Å². The number of hydrogen-bond donors (Lipinski definition) is 1. The van der Waals surface area contributed by atoms with E-state index in [4.69, 9.17) is 21.1 Å². The second-order valence-corrected chi connectivity index (χ2v) is 7.02. The Morgan fingerprint density at radius 2 is 2.20 bits per heavy atom. The first kappa shape index (κ1) is 19.9. The third-order valence-electron chi connectivity index (χ3n) is 4.47. The zero-order valence-corrected chi connectivity index (χ0v) is 16.3. The van der Waals surface area contributed by atoms with Crippen LogP contribution in [0.4, 0.5) is 0 Å². The van der Waals surface area contributed by atoms with E-state index in [0.29, 0.717) is 11.6 Å². The Kier molecular flexibility index (Phi) is 8.35. The maximum Gasteiger partial charge on any atom is 0.193 e. The van der Waals surface area contributed by atoms with Gasteiger partial charge < -0.3 is 19.7 Å². The van der Waals surface area contributed by atoms with Gasteiger partial charge in [-0.25, -0.2) is 0 Å². The molecule has 140 valence electrons. The number of halogens is 1. The molecule has 0 amide bonds. The molecule has 1 atom stereocenters. The Hall–Kier alpha value is -1.46. The molecule has 0 spiro atoms. The van der Waals surface area contributed by atoms with Gasteiger partial charge in [-0.1, -0.05) is 17.7 Å². The summed E-state index contributed by atoms with van der Waals surface area (Å²) in [6, 6.07) is 7.47. The Morgan fingerprint density at radius 1 is 1.44 bits per heavy atom. The zero-order valence-electron chi connectivity index (χ0n) is 15.5. The maximum absolute atomic E-state index is 5.99. The van der Waals surface area contributed by atoms with Crippen LogP contribution in [0.1, 0.15) is 26.2 Å². The maximum atomic E-state index is 5.99. The van der Waals surface area contributed by atoms with Crippen LogP contribution in [0, 0.1) is 5.92 Å². The van der Waals surface area contributed by atoms with Gasteiger partial charge in [-0.3, -0.25) is 4.99 Å². The summed E-state index contributed by atoms with van der Waals surface area (Å²) in [7, 11) is 3.90. The molecule has 0 aliphatic carbocycles. The van der Waals surface area contributed by atoms with Crippen LogP contribution >= 0.6 is 11.6 Å². The first-order chi connectivity index (χ1) is 12.1.